The molecule has 72 valence electrons. The molecule has 1 saturated heterocycles. The Bertz CT molecular complexity index is 275. The maximum atomic E-state index is 4.47. The van der Waals surface area contributed by atoms with Crippen LogP contribution in [0.15, 0.2) is 0 Å². The minimum absolute atomic E-state index is 0.539. The summed E-state index contributed by atoms with van der Waals surface area (Å²) in [6.45, 7) is 6.43. The Morgan fingerprint density at radius 3 is 2.77 bits per heavy atom. The molecule has 13 heavy (non-hydrogen) atoms. The van der Waals surface area contributed by atoms with Crippen LogP contribution in [0.3, 0.4) is 0 Å². The topological polar surface area (TPSA) is 53.6 Å². The van der Waals surface area contributed by atoms with Gasteiger partial charge in [-0.25, -0.2) is 4.98 Å². The first kappa shape index (κ1) is 8.69. The second kappa shape index (κ2) is 3.46. The normalized spacial score (nSPS) is 17.8. The molecule has 0 atom stereocenters. The summed E-state index contributed by atoms with van der Waals surface area (Å²) in [6, 6.07) is 0. The summed E-state index contributed by atoms with van der Waals surface area (Å²) in [6.07, 6.45) is 0.993. The van der Waals surface area contributed by atoms with Gasteiger partial charge < -0.3 is 5.32 Å². The van der Waals surface area contributed by atoms with Gasteiger partial charge in [0.05, 0.1) is 0 Å². The van der Waals surface area contributed by atoms with Crippen molar-refractivity contribution >= 4 is 0 Å². The molecule has 1 aliphatic heterocycles. The monoisotopic (exact) mass is 180 g/mol. The molecule has 0 radical (unpaired) electrons. The number of hydrogen-bond acceptors (Lipinski definition) is 3. The van der Waals surface area contributed by atoms with E-state index in [2.05, 4.69) is 34.3 Å². The maximum Gasteiger partial charge on any atom is 0.156 e. The zero-order valence-corrected chi connectivity index (χ0v) is 8.17. The molecule has 4 nitrogen and oxygen atoms in total. The van der Waals surface area contributed by atoms with Crippen LogP contribution in [0.5, 0.6) is 0 Å². The van der Waals surface area contributed by atoms with Crippen LogP contribution in [0, 0.1) is 5.92 Å². The summed E-state index contributed by atoms with van der Waals surface area (Å²) in [5, 5.41) is 10.4. The molecule has 0 aromatic carbocycles. The zero-order chi connectivity index (χ0) is 9.26. The van der Waals surface area contributed by atoms with Gasteiger partial charge in [-0.05, 0) is 5.92 Å². The fraction of sp³-hybridized carbons (Fsp3) is 0.778. The lowest BCUT2D eigenvalue weighted by molar-refractivity contribution is 0.431. The average molecular weight is 180 g/mol. The largest absolute Gasteiger partial charge is 0.315 e. The molecule has 0 saturated carbocycles. The van der Waals surface area contributed by atoms with E-state index in [4.69, 9.17) is 0 Å². The summed E-state index contributed by atoms with van der Waals surface area (Å²) in [4.78, 5) is 4.47. The van der Waals surface area contributed by atoms with E-state index >= 15 is 0 Å². The Labute approximate surface area is 78.1 Å². The molecule has 1 aromatic heterocycles. The molecular weight excluding hydrogens is 164 g/mol. The van der Waals surface area contributed by atoms with E-state index < -0.39 is 0 Å². The highest BCUT2D eigenvalue weighted by atomic mass is 15.2. The SMILES string of the molecule is CC(C)Cc1nc(C2CNC2)n[nH]1. The standard InChI is InChI=1S/C9H16N4/c1-6(2)3-8-11-9(13-12-8)7-4-10-5-7/h6-7,10H,3-5H2,1-2H3,(H,11,12,13). The molecule has 1 aliphatic rings. The van der Waals surface area contributed by atoms with Crippen LogP contribution in [-0.2, 0) is 6.42 Å². The third kappa shape index (κ3) is 1.88. The fourth-order valence-corrected chi connectivity index (χ4v) is 1.44. The van der Waals surface area contributed by atoms with Crippen molar-refractivity contribution in [1.29, 1.82) is 0 Å². The molecule has 2 heterocycles. The highest BCUT2D eigenvalue weighted by molar-refractivity contribution is 5.04. The number of rotatable bonds is 3. The predicted molar refractivity (Wildman–Crippen MR) is 50.5 cm³/mol. The molecular formula is C9H16N4. The molecule has 2 N–H and O–H groups in total. The molecule has 0 aliphatic carbocycles. The minimum Gasteiger partial charge on any atom is -0.315 e. The molecule has 0 spiro atoms. The van der Waals surface area contributed by atoms with Crippen molar-refractivity contribution in [1.82, 2.24) is 20.5 Å². The first-order chi connectivity index (χ1) is 6.25. The molecule has 1 aromatic rings. The number of aromatic amines is 1. The second-order valence-corrected chi connectivity index (χ2v) is 4.09. The van der Waals surface area contributed by atoms with Gasteiger partial charge in [-0.15, -0.1) is 0 Å². The first-order valence-corrected chi connectivity index (χ1v) is 4.87. The zero-order valence-electron chi connectivity index (χ0n) is 8.17. The van der Waals surface area contributed by atoms with Crippen LogP contribution >= 0.6 is 0 Å². The minimum atomic E-state index is 0.539. The summed E-state index contributed by atoms with van der Waals surface area (Å²) >= 11 is 0. The van der Waals surface area contributed by atoms with Gasteiger partial charge in [0.2, 0.25) is 0 Å². The average Bonchev–Trinajstić information content (AvgIpc) is 2.31. The van der Waals surface area contributed by atoms with Crippen LogP contribution in [0.25, 0.3) is 0 Å². The summed E-state index contributed by atoms with van der Waals surface area (Å²) in [7, 11) is 0. The van der Waals surface area contributed by atoms with Crippen molar-refractivity contribution in [3.8, 4) is 0 Å². The Morgan fingerprint density at radius 1 is 1.46 bits per heavy atom. The predicted octanol–water partition coefficient (Wildman–Crippen LogP) is 0.690. The second-order valence-electron chi connectivity index (χ2n) is 4.09. The van der Waals surface area contributed by atoms with E-state index in [1.807, 2.05) is 0 Å². The van der Waals surface area contributed by atoms with Crippen molar-refractivity contribution < 1.29 is 0 Å². The van der Waals surface area contributed by atoms with E-state index in [1.54, 1.807) is 0 Å². The quantitative estimate of drug-likeness (QED) is 0.719. The van der Waals surface area contributed by atoms with Gasteiger partial charge in [0, 0.05) is 25.4 Å². The van der Waals surface area contributed by atoms with Crippen LogP contribution < -0.4 is 5.32 Å². The third-order valence-electron chi connectivity index (χ3n) is 2.30. The van der Waals surface area contributed by atoms with Crippen molar-refractivity contribution in [3.05, 3.63) is 11.6 Å². The lowest BCUT2D eigenvalue weighted by Crippen LogP contribution is -2.40. The summed E-state index contributed by atoms with van der Waals surface area (Å²) in [5.41, 5.74) is 0. The van der Waals surface area contributed by atoms with E-state index in [-0.39, 0.29) is 0 Å². The molecule has 0 amide bonds. The van der Waals surface area contributed by atoms with E-state index in [9.17, 15) is 0 Å². The van der Waals surface area contributed by atoms with Gasteiger partial charge in [0.25, 0.3) is 0 Å². The van der Waals surface area contributed by atoms with Gasteiger partial charge in [0.15, 0.2) is 5.82 Å². The number of H-pyrrole nitrogens is 1. The molecule has 4 heteroatoms. The van der Waals surface area contributed by atoms with Gasteiger partial charge in [0.1, 0.15) is 5.82 Å². The van der Waals surface area contributed by atoms with Gasteiger partial charge >= 0.3 is 0 Å². The van der Waals surface area contributed by atoms with Crippen molar-refractivity contribution in [3.63, 3.8) is 0 Å². The Morgan fingerprint density at radius 2 is 2.23 bits per heavy atom. The third-order valence-corrected chi connectivity index (χ3v) is 2.30. The van der Waals surface area contributed by atoms with Crippen LogP contribution in [0.4, 0.5) is 0 Å². The number of hydrogen-bond donors (Lipinski definition) is 2. The molecule has 1 fully saturated rings. The van der Waals surface area contributed by atoms with Crippen LogP contribution in [-0.4, -0.2) is 28.3 Å². The van der Waals surface area contributed by atoms with Crippen molar-refractivity contribution in [2.45, 2.75) is 26.2 Å². The van der Waals surface area contributed by atoms with Gasteiger partial charge in [-0.1, -0.05) is 13.8 Å². The Balaban J connectivity index is 2.00. The molecule has 0 bridgehead atoms. The van der Waals surface area contributed by atoms with Gasteiger partial charge in [-0.2, -0.15) is 5.10 Å². The maximum absolute atomic E-state index is 4.47. The van der Waals surface area contributed by atoms with Crippen molar-refractivity contribution in [2.75, 3.05) is 13.1 Å². The highest BCUT2D eigenvalue weighted by Gasteiger charge is 2.22. The number of nitrogens with zero attached hydrogens (tertiary/aromatic N) is 2. The number of nitrogens with one attached hydrogen (secondary N) is 2. The lowest BCUT2D eigenvalue weighted by atomic mass is 10.0. The van der Waals surface area contributed by atoms with E-state index in [0.717, 1.165) is 31.2 Å². The Hall–Kier alpha value is -0.900. The van der Waals surface area contributed by atoms with E-state index in [1.165, 1.54) is 0 Å². The van der Waals surface area contributed by atoms with Gasteiger partial charge in [-0.3, -0.25) is 5.10 Å². The van der Waals surface area contributed by atoms with Crippen LogP contribution in [0.1, 0.15) is 31.4 Å². The molecule has 2 rings (SSSR count). The highest BCUT2D eigenvalue weighted by Crippen LogP contribution is 2.15. The summed E-state index contributed by atoms with van der Waals surface area (Å²) in [5.74, 6) is 3.18. The Kier molecular flexibility index (Phi) is 2.31. The van der Waals surface area contributed by atoms with Crippen molar-refractivity contribution in [2.24, 2.45) is 5.92 Å². The fourth-order valence-electron chi connectivity index (χ4n) is 1.44. The smallest absolute Gasteiger partial charge is 0.156 e. The van der Waals surface area contributed by atoms with E-state index in [0.29, 0.717) is 11.8 Å². The first-order valence-electron chi connectivity index (χ1n) is 4.87. The summed E-state index contributed by atoms with van der Waals surface area (Å²) < 4.78 is 0. The lowest BCUT2D eigenvalue weighted by Gasteiger charge is -2.23. The van der Waals surface area contributed by atoms with Crippen LogP contribution in [0.2, 0.25) is 0 Å². The molecule has 0 unspecified atom stereocenters. The number of aromatic nitrogens is 3.